The maximum atomic E-state index is 4.44. The zero-order chi connectivity index (χ0) is 13.8. The van der Waals surface area contributed by atoms with Gasteiger partial charge >= 0.3 is 0 Å². The van der Waals surface area contributed by atoms with Gasteiger partial charge in [-0.15, -0.1) is 0 Å². The molecule has 1 saturated carbocycles. The van der Waals surface area contributed by atoms with Crippen molar-refractivity contribution in [3.8, 4) is 0 Å². The lowest BCUT2D eigenvalue weighted by molar-refractivity contribution is 0.280. The summed E-state index contributed by atoms with van der Waals surface area (Å²) < 4.78 is 0. The highest BCUT2D eigenvalue weighted by Gasteiger charge is 2.24. The molecule has 1 aromatic heterocycles. The van der Waals surface area contributed by atoms with E-state index in [4.69, 9.17) is 0 Å². The Hall–Kier alpha value is -1.32. The van der Waals surface area contributed by atoms with E-state index in [0.29, 0.717) is 6.04 Å². The van der Waals surface area contributed by atoms with Crippen molar-refractivity contribution in [2.24, 2.45) is 11.8 Å². The Labute approximate surface area is 116 Å². The molecule has 1 aliphatic rings. The van der Waals surface area contributed by atoms with E-state index < -0.39 is 0 Å². The molecule has 4 heteroatoms. The van der Waals surface area contributed by atoms with Gasteiger partial charge in [0.15, 0.2) is 0 Å². The number of anilines is 2. The van der Waals surface area contributed by atoms with Crippen LogP contribution in [0.15, 0.2) is 6.33 Å². The van der Waals surface area contributed by atoms with Crippen LogP contribution in [0, 0.1) is 11.8 Å². The minimum atomic E-state index is 0.545. The van der Waals surface area contributed by atoms with Crippen LogP contribution in [-0.4, -0.2) is 23.1 Å². The molecule has 0 saturated heterocycles. The van der Waals surface area contributed by atoms with Crippen molar-refractivity contribution in [1.82, 2.24) is 9.97 Å². The van der Waals surface area contributed by atoms with E-state index >= 15 is 0 Å². The first-order chi connectivity index (χ1) is 9.13. The highest BCUT2D eigenvalue weighted by Crippen LogP contribution is 2.31. The van der Waals surface area contributed by atoms with Crippen LogP contribution in [0.5, 0.6) is 0 Å². The third-order valence-electron chi connectivity index (χ3n) is 4.06. The second-order valence-corrected chi connectivity index (χ2v) is 5.91. The van der Waals surface area contributed by atoms with Crippen molar-refractivity contribution in [2.75, 3.05) is 17.7 Å². The molecule has 106 valence electrons. The molecule has 0 radical (unpaired) electrons. The summed E-state index contributed by atoms with van der Waals surface area (Å²) >= 11 is 0. The van der Waals surface area contributed by atoms with Crippen LogP contribution in [-0.2, 0) is 6.42 Å². The van der Waals surface area contributed by atoms with E-state index in [9.17, 15) is 0 Å². The van der Waals surface area contributed by atoms with Crippen molar-refractivity contribution in [2.45, 2.75) is 52.5 Å². The molecule has 2 unspecified atom stereocenters. The Morgan fingerprint density at radius 1 is 1.11 bits per heavy atom. The van der Waals surface area contributed by atoms with Gasteiger partial charge < -0.3 is 10.6 Å². The fourth-order valence-electron chi connectivity index (χ4n) is 3.35. The van der Waals surface area contributed by atoms with E-state index in [-0.39, 0.29) is 0 Å². The van der Waals surface area contributed by atoms with Crippen LogP contribution in [0.2, 0.25) is 0 Å². The number of hydrogen-bond donors (Lipinski definition) is 2. The maximum absolute atomic E-state index is 4.44. The fourth-order valence-corrected chi connectivity index (χ4v) is 3.35. The molecule has 0 aromatic carbocycles. The molecule has 1 aliphatic carbocycles. The highest BCUT2D eigenvalue weighted by molar-refractivity contribution is 5.57. The van der Waals surface area contributed by atoms with E-state index in [1.807, 2.05) is 7.05 Å². The Kier molecular flexibility index (Phi) is 4.61. The van der Waals surface area contributed by atoms with Gasteiger partial charge in [-0.05, 0) is 37.5 Å². The van der Waals surface area contributed by atoms with Gasteiger partial charge in [0.05, 0.1) is 0 Å². The summed E-state index contributed by atoms with van der Waals surface area (Å²) in [6, 6.07) is 0.545. The van der Waals surface area contributed by atoms with Crippen molar-refractivity contribution in [1.29, 1.82) is 0 Å². The monoisotopic (exact) mass is 262 g/mol. The zero-order valence-electron chi connectivity index (χ0n) is 12.5. The molecule has 1 fully saturated rings. The van der Waals surface area contributed by atoms with E-state index in [1.54, 1.807) is 6.33 Å². The molecular weight excluding hydrogens is 236 g/mol. The van der Waals surface area contributed by atoms with Gasteiger partial charge in [0.1, 0.15) is 18.0 Å². The lowest BCUT2D eigenvalue weighted by atomic mass is 9.80. The summed E-state index contributed by atoms with van der Waals surface area (Å²) in [5, 5.41) is 6.80. The van der Waals surface area contributed by atoms with Crippen molar-refractivity contribution in [3.05, 3.63) is 11.9 Å². The summed E-state index contributed by atoms with van der Waals surface area (Å²) in [5.41, 5.74) is 1.19. The van der Waals surface area contributed by atoms with Crippen LogP contribution in [0.1, 0.15) is 45.6 Å². The van der Waals surface area contributed by atoms with Crippen LogP contribution in [0.3, 0.4) is 0 Å². The first-order valence-corrected chi connectivity index (χ1v) is 7.42. The second kappa shape index (κ2) is 6.22. The Bertz CT molecular complexity index is 409. The first-order valence-electron chi connectivity index (χ1n) is 7.42. The molecule has 0 amide bonds. The lowest BCUT2D eigenvalue weighted by Crippen LogP contribution is -2.31. The predicted molar refractivity (Wildman–Crippen MR) is 80.5 cm³/mol. The molecular formula is C15H26N4. The van der Waals surface area contributed by atoms with Gasteiger partial charge in [-0.25, -0.2) is 9.97 Å². The molecule has 1 aromatic rings. The number of nitrogens with one attached hydrogen (secondary N) is 2. The van der Waals surface area contributed by atoms with Gasteiger partial charge in [0.2, 0.25) is 0 Å². The third-order valence-corrected chi connectivity index (χ3v) is 4.06. The molecule has 2 atom stereocenters. The largest absolute Gasteiger partial charge is 0.373 e. The second-order valence-electron chi connectivity index (χ2n) is 5.91. The minimum Gasteiger partial charge on any atom is -0.373 e. The van der Waals surface area contributed by atoms with Crippen molar-refractivity contribution < 1.29 is 0 Å². The molecule has 0 aliphatic heterocycles. The van der Waals surface area contributed by atoms with Gasteiger partial charge in [-0.2, -0.15) is 0 Å². The van der Waals surface area contributed by atoms with Crippen LogP contribution in [0.25, 0.3) is 0 Å². The van der Waals surface area contributed by atoms with Crippen LogP contribution < -0.4 is 10.6 Å². The smallest absolute Gasteiger partial charge is 0.134 e. The SMILES string of the molecule is CCc1c(NC)ncnc1NC1CC(C)CC(C)C1. The van der Waals surface area contributed by atoms with Gasteiger partial charge in [-0.1, -0.05) is 20.8 Å². The summed E-state index contributed by atoms with van der Waals surface area (Å²) in [6.45, 7) is 6.85. The zero-order valence-corrected chi connectivity index (χ0v) is 12.5. The first kappa shape index (κ1) is 14.1. The normalized spacial score (nSPS) is 27.1. The summed E-state index contributed by atoms with van der Waals surface area (Å²) in [5.74, 6) is 3.55. The number of nitrogens with zero attached hydrogens (tertiary/aromatic N) is 2. The number of rotatable bonds is 4. The van der Waals surface area contributed by atoms with Gasteiger partial charge in [-0.3, -0.25) is 0 Å². The van der Waals surface area contributed by atoms with E-state index in [0.717, 1.165) is 29.9 Å². The van der Waals surface area contributed by atoms with Gasteiger partial charge in [0.25, 0.3) is 0 Å². The standard InChI is InChI=1S/C15H26N4/c1-5-13-14(16-4)17-9-18-15(13)19-12-7-10(2)6-11(3)8-12/h9-12H,5-8H2,1-4H3,(H2,16,17,18,19). The number of aromatic nitrogens is 2. The molecule has 1 heterocycles. The molecule has 2 N–H and O–H groups in total. The fraction of sp³-hybridized carbons (Fsp3) is 0.733. The third kappa shape index (κ3) is 3.37. The van der Waals surface area contributed by atoms with Crippen LogP contribution >= 0.6 is 0 Å². The summed E-state index contributed by atoms with van der Waals surface area (Å²) in [4.78, 5) is 8.73. The molecule has 2 rings (SSSR count). The highest BCUT2D eigenvalue weighted by atomic mass is 15.1. The Morgan fingerprint density at radius 3 is 2.32 bits per heavy atom. The van der Waals surface area contributed by atoms with E-state index in [1.165, 1.54) is 24.8 Å². The quantitative estimate of drug-likeness (QED) is 0.874. The Morgan fingerprint density at radius 2 is 1.74 bits per heavy atom. The van der Waals surface area contributed by atoms with E-state index in [2.05, 4.69) is 41.4 Å². The minimum absolute atomic E-state index is 0.545. The molecule has 19 heavy (non-hydrogen) atoms. The van der Waals surface area contributed by atoms with Crippen molar-refractivity contribution in [3.63, 3.8) is 0 Å². The van der Waals surface area contributed by atoms with Gasteiger partial charge in [0, 0.05) is 18.7 Å². The summed E-state index contributed by atoms with van der Waals surface area (Å²) in [7, 11) is 1.91. The maximum Gasteiger partial charge on any atom is 0.134 e. The average Bonchev–Trinajstić information content (AvgIpc) is 2.37. The topological polar surface area (TPSA) is 49.8 Å². The molecule has 0 bridgehead atoms. The number of hydrogen-bond acceptors (Lipinski definition) is 4. The van der Waals surface area contributed by atoms with Crippen molar-refractivity contribution >= 4 is 11.6 Å². The summed E-state index contributed by atoms with van der Waals surface area (Å²) in [6.07, 6.45) is 6.42. The molecule has 0 spiro atoms. The average molecular weight is 262 g/mol. The Balaban J connectivity index is 2.14. The van der Waals surface area contributed by atoms with Crippen LogP contribution in [0.4, 0.5) is 11.6 Å². The predicted octanol–water partition coefficient (Wildman–Crippen LogP) is 3.32. The molecule has 4 nitrogen and oxygen atoms in total. The lowest BCUT2D eigenvalue weighted by Gasteiger charge is -2.32.